The van der Waals surface area contributed by atoms with Gasteiger partial charge >= 0.3 is 0 Å². The Bertz CT molecular complexity index is 159. The van der Waals surface area contributed by atoms with Gasteiger partial charge < -0.3 is 10.6 Å². The Morgan fingerprint density at radius 3 is 2.54 bits per heavy atom. The average Bonchev–Trinajstić information content (AvgIpc) is 2.23. The van der Waals surface area contributed by atoms with Crippen LogP contribution in [0.3, 0.4) is 0 Å². The maximum atomic E-state index is 3.33. The lowest BCUT2D eigenvalue weighted by molar-refractivity contribution is 0.720. The van der Waals surface area contributed by atoms with E-state index in [1.165, 1.54) is 18.5 Å². The number of likely N-dealkylation sites (N-methyl/N-ethyl adjacent to an activating group) is 1. The van der Waals surface area contributed by atoms with Crippen LogP contribution >= 0.6 is 0 Å². The van der Waals surface area contributed by atoms with Gasteiger partial charge in [0.25, 0.3) is 0 Å². The summed E-state index contributed by atoms with van der Waals surface area (Å²) in [5.74, 6) is 0. The molecule has 1 rings (SSSR count). The van der Waals surface area contributed by atoms with Gasteiger partial charge in [0.2, 0.25) is 0 Å². The van der Waals surface area contributed by atoms with Crippen molar-refractivity contribution in [1.82, 2.24) is 10.6 Å². The SMILES string of the molecule is CC.CNCCNC1=CCCC=C1. The molecule has 0 radical (unpaired) electrons. The van der Waals surface area contributed by atoms with Gasteiger partial charge in [0.05, 0.1) is 0 Å². The molecule has 0 saturated carbocycles. The van der Waals surface area contributed by atoms with Crippen molar-refractivity contribution < 1.29 is 0 Å². The normalized spacial score (nSPS) is 14.2. The Morgan fingerprint density at radius 1 is 1.23 bits per heavy atom. The van der Waals surface area contributed by atoms with Gasteiger partial charge in [-0.25, -0.2) is 0 Å². The highest BCUT2D eigenvalue weighted by Crippen LogP contribution is 2.05. The predicted molar refractivity (Wildman–Crippen MR) is 59.7 cm³/mol. The van der Waals surface area contributed by atoms with E-state index in [4.69, 9.17) is 0 Å². The van der Waals surface area contributed by atoms with Gasteiger partial charge in [0.1, 0.15) is 0 Å². The van der Waals surface area contributed by atoms with Crippen LogP contribution in [0, 0.1) is 0 Å². The van der Waals surface area contributed by atoms with Crippen molar-refractivity contribution in [3.63, 3.8) is 0 Å². The van der Waals surface area contributed by atoms with E-state index in [1.807, 2.05) is 20.9 Å². The molecule has 0 spiro atoms. The fourth-order valence-corrected chi connectivity index (χ4v) is 1.08. The highest BCUT2D eigenvalue weighted by molar-refractivity contribution is 5.20. The van der Waals surface area contributed by atoms with Crippen LogP contribution in [0.5, 0.6) is 0 Å². The molecule has 0 heterocycles. The second-order valence-electron chi connectivity index (χ2n) is 2.67. The number of nitrogens with one attached hydrogen (secondary N) is 2. The Morgan fingerprint density at radius 2 is 2.00 bits per heavy atom. The zero-order chi connectivity index (χ0) is 9.94. The molecule has 2 nitrogen and oxygen atoms in total. The fourth-order valence-electron chi connectivity index (χ4n) is 1.08. The number of rotatable bonds is 4. The lowest BCUT2D eigenvalue weighted by Crippen LogP contribution is -2.24. The minimum absolute atomic E-state index is 1.01. The van der Waals surface area contributed by atoms with Crippen LogP contribution in [-0.4, -0.2) is 20.1 Å². The molecule has 2 N–H and O–H groups in total. The first-order valence-electron chi connectivity index (χ1n) is 5.18. The van der Waals surface area contributed by atoms with Crippen LogP contribution in [0.2, 0.25) is 0 Å². The van der Waals surface area contributed by atoms with E-state index in [0.717, 1.165) is 13.1 Å². The molecule has 0 bridgehead atoms. The van der Waals surface area contributed by atoms with Gasteiger partial charge in [-0.2, -0.15) is 0 Å². The summed E-state index contributed by atoms with van der Waals surface area (Å²) in [6.07, 6.45) is 8.98. The lowest BCUT2D eigenvalue weighted by Gasteiger charge is -2.09. The van der Waals surface area contributed by atoms with E-state index in [-0.39, 0.29) is 0 Å². The minimum Gasteiger partial charge on any atom is -0.384 e. The fraction of sp³-hybridized carbons (Fsp3) is 0.636. The summed E-state index contributed by atoms with van der Waals surface area (Å²) in [5.41, 5.74) is 1.27. The molecule has 0 atom stereocenters. The highest BCUT2D eigenvalue weighted by atomic mass is 14.9. The molecule has 0 unspecified atom stereocenters. The van der Waals surface area contributed by atoms with Gasteiger partial charge in [-0.15, -0.1) is 0 Å². The summed E-state index contributed by atoms with van der Waals surface area (Å²) >= 11 is 0. The summed E-state index contributed by atoms with van der Waals surface area (Å²) in [6.45, 7) is 6.03. The van der Waals surface area contributed by atoms with Crippen molar-refractivity contribution >= 4 is 0 Å². The molecule has 0 saturated heterocycles. The van der Waals surface area contributed by atoms with Crippen molar-refractivity contribution in [2.24, 2.45) is 0 Å². The van der Waals surface area contributed by atoms with Crippen LogP contribution in [0.15, 0.2) is 23.9 Å². The van der Waals surface area contributed by atoms with Crippen molar-refractivity contribution in [2.75, 3.05) is 20.1 Å². The van der Waals surface area contributed by atoms with Crippen LogP contribution in [-0.2, 0) is 0 Å². The van der Waals surface area contributed by atoms with Gasteiger partial charge in [-0.1, -0.05) is 26.0 Å². The van der Waals surface area contributed by atoms with Crippen LogP contribution in [0.25, 0.3) is 0 Å². The monoisotopic (exact) mass is 182 g/mol. The number of hydrogen-bond acceptors (Lipinski definition) is 2. The Kier molecular flexibility index (Phi) is 8.78. The zero-order valence-corrected chi connectivity index (χ0v) is 9.06. The number of allylic oxidation sites excluding steroid dienone is 3. The molecule has 0 aliphatic heterocycles. The molecule has 0 aromatic rings. The second-order valence-corrected chi connectivity index (χ2v) is 2.67. The van der Waals surface area contributed by atoms with E-state index in [9.17, 15) is 0 Å². The molecule has 1 aliphatic carbocycles. The number of hydrogen-bond donors (Lipinski definition) is 2. The third-order valence-electron chi connectivity index (χ3n) is 1.70. The maximum Gasteiger partial charge on any atom is 0.0296 e. The van der Waals surface area contributed by atoms with Gasteiger partial charge in [0.15, 0.2) is 0 Å². The van der Waals surface area contributed by atoms with E-state index >= 15 is 0 Å². The quantitative estimate of drug-likeness (QED) is 0.650. The molecule has 13 heavy (non-hydrogen) atoms. The first-order valence-corrected chi connectivity index (χ1v) is 5.18. The summed E-state index contributed by atoms with van der Waals surface area (Å²) in [6, 6.07) is 0. The first-order chi connectivity index (χ1) is 6.43. The maximum absolute atomic E-state index is 3.33. The van der Waals surface area contributed by atoms with E-state index in [0.29, 0.717) is 0 Å². The summed E-state index contributed by atoms with van der Waals surface area (Å²) < 4.78 is 0. The van der Waals surface area contributed by atoms with Crippen LogP contribution < -0.4 is 10.6 Å². The smallest absolute Gasteiger partial charge is 0.0296 e. The third-order valence-corrected chi connectivity index (χ3v) is 1.70. The molecule has 0 amide bonds. The van der Waals surface area contributed by atoms with Crippen molar-refractivity contribution in [1.29, 1.82) is 0 Å². The predicted octanol–water partition coefficient (Wildman–Crippen LogP) is 2.06. The molecular formula is C11H22N2. The molecule has 0 aromatic carbocycles. The Hall–Kier alpha value is -0.760. The zero-order valence-electron chi connectivity index (χ0n) is 9.06. The molecule has 1 aliphatic rings. The van der Waals surface area contributed by atoms with E-state index in [1.54, 1.807) is 0 Å². The van der Waals surface area contributed by atoms with Gasteiger partial charge in [-0.3, -0.25) is 0 Å². The van der Waals surface area contributed by atoms with Gasteiger partial charge in [0, 0.05) is 18.8 Å². The summed E-state index contributed by atoms with van der Waals surface area (Å²) in [4.78, 5) is 0. The topological polar surface area (TPSA) is 24.1 Å². The molecule has 76 valence electrons. The standard InChI is InChI=1S/C9H16N2.C2H6/c1-10-7-8-11-9-5-3-2-4-6-9;1-2/h3,5-6,10-11H,2,4,7-8H2,1H3;1-2H3. The lowest BCUT2D eigenvalue weighted by atomic mass is 10.1. The van der Waals surface area contributed by atoms with E-state index in [2.05, 4.69) is 28.9 Å². The van der Waals surface area contributed by atoms with Crippen LogP contribution in [0.4, 0.5) is 0 Å². The minimum atomic E-state index is 1.01. The van der Waals surface area contributed by atoms with E-state index < -0.39 is 0 Å². The Labute approximate surface area is 82.1 Å². The third kappa shape index (κ3) is 6.41. The molecule has 0 fully saturated rings. The molecule has 2 heteroatoms. The molecule has 0 aromatic heterocycles. The summed E-state index contributed by atoms with van der Waals surface area (Å²) in [5, 5.41) is 6.43. The van der Waals surface area contributed by atoms with Crippen molar-refractivity contribution in [2.45, 2.75) is 26.7 Å². The Balaban J connectivity index is 0.000000671. The second kappa shape index (κ2) is 9.33. The van der Waals surface area contributed by atoms with Gasteiger partial charge in [-0.05, 0) is 26.0 Å². The van der Waals surface area contributed by atoms with Crippen molar-refractivity contribution in [3.8, 4) is 0 Å². The largest absolute Gasteiger partial charge is 0.384 e. The van der Waals surface area contributed by atoms with Crippen molar-refractivity contribution in [3.05, 3.63) is 23.9 Å². The highest BCUT2D eigenvalue weighted by Gasteiger charge is 1.93. The average molecular weight is 182 g/mol. The first kappa shape index (κ1) is 12.2. The van der Waals surface area contributed by atoms with Crippen LogP contribution in [0.1, 0.15) is 26.7 Å². The summed E-state index contributed by atoms with van der Waals surface area (Å²) in [7, 11) is 1.97. The molecular weight excluding hydrogens is 160 g/mol.